The van der Waals surface area contributed by atoms with Crippen LogP contribution in [-0.4, -0.2) is 48.7 Å². The zero-order valence-corrected chi connectivity index (χ0v) is 20.6. The first-order valence-corrected chi connectivity index (χ1v) is 13.0. The summed E-state index contributed by atoms with van der Waals surface area (Å²) in [4.78, 5) is 20.4. The number of rotatable bonds is 8. The summed E-state index contributed by atoms with van der Waals surface area (Å²) in [6, 6.07) is 12.1. The molecule has 8 nitrogen and oxygen atoms in total. The lowest BCUT2D eigenvalue weighted by Gasteiger charge is -2.19. The van der Waals surface area contributed by atoms with E-state index in [0.717, 1.165) is 17.4 Å². The van der Waals surface area contributed by atoms with E-state index in [9.17, 15) is 17.6 Å². The van der Waals surface area contributed by atoms with Crippen molar-refractivity contribution >= 4 is 20.9 Å². The van der Waals surface area contributed by atoms with Gasteiger partial charge in [-0.25, -0.2) is 22.6 Å². The van der Waals surface area contributed by atoms with Gasteiger partial charge < -0.3 is 14.5 Å². The number of hydrogen-bond donors (Lipinski definition) is 1. The maximum atomic E-state index is 13.9. The summed E-state index contributed by atoms with van der Waals surface area (Å²) in [6.45, 7) is 4.00. The van der Waals surface area contributed by atoms with Gasteiger partial charge in [0.15, 0.2) is 5.75 Å². The van der Waals surface area contributed by atoms with E-state index in [1.165, 1.54) is 23.8 Å². The molecular weight excluding hydrogens is 473 g/mol. The average Bonchev–Trinajstić information content (AvgIpc) is 3.13. The normalized spacial score (nSPS) is 12.6. The molecule has 4 aromatic rings. The second kappa shape index (κ2) is 9.53. The van der Waals surface area contributed by atoms with Crippen molar-refractivity contribution in [3.63, 3.8) is 0 Å². The highest BCUT2D eigenvalue weighted by Crippen LogP contribution is 2.31. The van der Waals surface area contributed by atoms with Gasteiger partial charge in [0.05, 0.1) is 42.2 Å². The molecule has 2 heterocycles. The number of sulfone groups is 1. The van der Waals surface area contributed by atoms with Crippen LogP contribution in [0, 0.1) is 12.7 Å². The predicted molar refractivity (Wildman–Crippen MR) is 132 cm³/mol. The number of imidazole rings is 1. The Hall–Kier alpha value is -3.66. The van der Waals surface area contributed by atoms with E-state index in [4.69, 9.17) is 9.47 Å². The standard InChI is InChI=1S/C25H26FN3O5S/c1-5-34-24-23(33-3)11-9-19(27-24)22(14-35(4,31)32)29-21-10-7-16(12-20(21)28-25(29)30)18-13-17(26)8-6-15(18)2/h6-13,22H,5,14H2,1-4H3,(H,28,30)/t22-/m1/s1. The number of halogens is 1. The number of H-pyrrole nitrogens is 1. The molecule has 0 aliphatic heterocycles. The van der Waals surface area contributed by atoms with Gasteiger partial charge in [-0.05, 0) is 66.9 Å². The van der Waals surface area contributed by atoms with Crippen LogP contribution in [0.4, 0.5) is 4.39 Å². The molecule has 0 aliphatic carbocycles. The van der Waals surface area contributed by atoms with Gasteiger partial charge in [0, 0.05) is 6.26 Å². The van der Waals surface area contributed by atoms with Crippen molar-refractivity contribution in [1.82, 2.24) is 14.5 Å². The van der Waals surface area contributed by atoms with Gasteiger partial charge >= 0.3 is 5.69 Å². The van der Waals surface area contributed by atoms with Crippen LogP contribution in [0.3, 0.4) is 0 Å². The molecule has 0 fully saturated rings. The number of ether oxygens (including phenoxy) is 2. The molecule has 0 spiro atoms. The average molecular weight is 500 g/mol. The van der Waals surface area contributed by atoms with Crippen LogP contribution in [0.1, 0.15) is 24.2 Å². The highest BCUT2D eigenvalue weighted by molar-refractivity contribution is 7.90. The molecule has 1 atom stereocenters. The number of aromatic nitrogens is 3. The topological polar surface area (TPSA) is 103 Å². The van der Waals surface area contributed by atoms with Crippen LogP contribution in [0.5, 0.6) is 11.6 Å². The third-order valence-corrected chi connectivity index (χ3v) is 6.61. The number of pyridine rings is 1. The van der Waals surface area contributed by atoms with Crippen molar-refractivity contribution < 1.29 is 22.3 Å². The summed E-state index contributed by atoms with van der Waals surface area (Å²) in [5, 5.41) is 0. The van der Waals surface area contributed by atoms with Gasteiger partial charge in [0.1, 0.15) is 15.7 Å². The highest BCUT2D eigenvalue weighted by Gasteiger charge is 2.26. The lowest BCUT2D eigenvalue weighted by atomic mass is 10.00. The number of aryl methyl sites for hydroxylation is 1. The smallest absolute Gasteiger partial charge is 0.327 e. The minimum atomic E-state index is -3.51. The van der Waals surface area contributed by atoms with Gasteiger partial charge in [-0.2, -0.15) is 0 Å². The number of aromatic amines is 1. The van der Waals surface area contributed by atoms with Crippen molar-refractivity contribution in [2.45, 2.75) is 19.9 Å². The van der Waals surface area contributed by atoms with E-state index in [2.05, 4.69) is 9.97 Å². The number of fused-ring (bicyclic) bond motifs is 1. The van der Waals surface area contributed by atoms with Crippen LogP contribution >= 0.6 is 0 Å². The predicted octanol–water partition coefficient (Wildman–Crippen LogP) is 3.88. The summed E-state index contributed by atoms with van der Waals surface area (Å²) in [6.07, 6.45) is 1.11. The minimum Gasteiger partial charge on any atom is -0.491 e. The van der Waals surface area contributed by atoms with Crippen LogP contribution < -0.4 is 15.2 Å². The van der Waals surface area contributed by atoms with E-state index >= 15 is 0 Å². The van der Waals surface area contributed by atoms with E-state index in [1.807, 2.05) is 6.92 Å². The van der Waals surface area contributed by atoms with Gasteiger partial charge in [-0.3, -0.25) is 4.57 Å². The molecular formula is C25H26FN3O5S. The number of nitrogens with one attached hydrogen (secondary N) is 1. The Morgan fingerprint density at radius 3 is 2.60 bits per heavy atom. The van der Waals surface area contributed by atoms with Crippen LogP contribution in [0.2, 0.25) is 0 Å². The first kappa shape index (κ1) is 24.5. The van der Waals surface area contributed by atoms with E-state index in [0.29, 0.717) is 34.6 Å². The molecule has 4 rings (SSSR count). The molecule has 1 N–H and O–H groups in total. The number of hydrogen-bond acceptors (Lipinski definition) is 6. The SMILES string of the molecule is CCOc1nc([C@@H](CS(C)(=O)=O)n2c(=O)[nH]c3cc(-c4cc(F)ccc4C)ccc32)ccc1OC. The van der Waals surface area contributed by atoms with Crippen LogP contribution in [-0.2, 0) is 9.84 Å². The Labute approximate surface area is 202 Å². The molecule has 0 bridgehead atoms. The summed E-state index contributed by atoms with van der Waals surface area (Å²) in [5.74, 6) is -0.103. The van der Waals surface area contributed by atoms with E-state index in [-0.39, 0.29) is 17.5 Å². The summed E-state index contributed by atoms with van der Waals surface area (Å²) < 4.78 is 50.8. The molecule has 0 amide bonds. The maximum Gasteiger partial charge on any atom is 0.327 e. The molecule has 0 unspecified atom stereocenters. The third kappa shape index (κ3) is 5.07. The summed E-state index contributed by atoms with van der Waals surface area (Å²) >= 11 is 0. The Morgan fingerprint density at radius 1 is 1.14 bits per heavy atom. The quantitative estimate of drug-likeness (QED) is 0.395. The molecule has 2 aromatic heterocycles. The summed E-state index contributed by atoms with van der Waals surface area (Å²) in [5.41, 5.74) is 3.15. The molecule has 184 valence electrons. The summed E-state index contributed by atoms with van der Waals surface area (Å²) in [7, 11) is -2.03. The minimum absolute atomic E-state index is 0.211. The molecule has 0 saturated carbocycles. The highest BCUT2D eigenvalue weighted by atomic mass is 32.2. The third-order valence-electron chi connectivity index (χ3n) is 5.69. The van der Waals surface area contributed by atoms with Gasteiger partial charge in [0.2, 0.25) is 0 Å². The first-order chi connectivity index (χ1) is 16.6. The zero-order valence-electron chi connectivity index (χ0n) is 19.8. The fraction of sp³-hybridized carbons (Fsp3) is 0.280. The molecule has 0 aliphatic rings. The van der Waals surface area contributed by atoms with Crippen molar-refractivity contribution in [2.24, 2.45) is 0 Å². The number of benzene rings is 2. The lowest BCUT2D eigenvalue weighted by molar-refractivity contribution is 0.296. The van der Waals surface area contributed by atoms with Crippen LogP contribution in [0.25, 0.3) is 22.2 Å². The van der Waals surface area contributed by atoms with Crippen molar-refractivity contribution in [3.05, 3.63) is 76.1 Å². The van der Waals surface area contributed by atoms with Crippen molar-refractivity contribution in [2.75, 3.05) is 25.7 Å². The molecule has 10 heteroatoms. The fourth-order valence-corrected chi connectivity index (χ4v) is 5.01. The first-order valence-electron chi connectivity index (χ1n) is 11.0. The Morgan fingerprint density at radius 2 is 1.91 bits per heavy atom. The zero-order chi connectivity index (χ0) is 25.3. The van der Waals surface area contributed by atoms with Crippen LogP contribution in [0.15, 0.2) is 53.3 Å². The largest absolute Gasteiger partial charge is 0.491 e. The molecule has 0 radical (unpaired) electrons. The second-order valence-corrected chi connectivity index (χ2v) is 10.5. The molecule has 35 heavy (non-hydrogen) atoms. The Kier molecular flexibility index (Phi) is 6.66. The van der Waals surface area contributed by atoms with Gasteiger partial charge in [-0.15, -0.1) is 0 Å². The maximum absolute atomic E-state index is 13.9. The molecule has 2 aromatic carbocycles. The molecule has 0 saturated heterocycles. The second-order valence-electron chi connectivity index (χ2n) is 8.28. The number of nitrogens with zero attached hydrogens (tertiary/aromatic N) is 2. The van der Waals surface area contributed by atoms with E-state index in [1.54, 1.807) is 43.3 Å². The Bertz CT molecular complexity index is 1560. The van der Waals surface area contributed by atoms with Gasteiger partial charge in [0.25, 0.3) is 5.88 Å². The Balaban J connectivity index is 1.89. The van der Waals surface area contributed by atoms with Crippen molar-refractivity contribution in [1.29, 1.82) is 0 Å². The number of methoxy groups -OCH3 is 1. The van der Waals surface area contributed by atoms with Gasteiger partial charge in [-0.1, -0.05) is 12.1 Å². The fourth-order valence-electron chi connectivity index (χ4n) is 4.12. The van der Waals surface area contributed by atoms with Crippen molar-refractivity contribution in [3.8, 4) is 22.8 Å². The lowest BCUT2D eigenvalue weighted by Crippen LogP contribution is -2.29. The van der Waals surface area contributed by atoms with E-state index < -0.39 is 21.6 Å². The monoisotopic (exact) mass is 499 g/mol.